The maximum absolute atomic E-state index is 13.7. The van der Waals surface area contributed by atoms with E-state index in [0.29, 0.717) is 28.4 Å². The summed E-state index contributed by atoms with van der Waals surface area (Å²) >= 11 is 0. The Balaban J connectivity index is 1.85. The Morgan fingerprint density at radius 3 is 2.30 bits per heavy atom. The Kier molecular flexibility index (Phi) is 6.92. The van der Waals surface area contributed by atoms with Crippen LogP contribution in [0.3, 0.4) is 0 Å². The molecule has 2 atom stereocenters. The monoisotopic (exact) mass is 508 g/mol. The number of fused-ring (bicyclic) bond motifs is 3. The van der Waals surface area contributed by atoms with Crippen molar-refractivity contribution < 1.29 is 38.4 Å². The number of aliphatic hydroxyl groups excluding tert-OH is 1. The lowest BCUT2D eigenvalue weighted by molar-refractivity contribution is -0.132. The summed E-state index contributed by atoms with van der Waals surface area (Å²) in [5.74, 6) is 0.507. The molecule has 8 nitrogen and oxygen atoms in total. The number of hydrogen-bond acceptors (Lipinski definition) is 8. The molecule has 0 radical (unpaired) electrons. The molecular weight excluding hydrogens is 476 g/mol. The zero-order valence-corrected chi connectivity index (χ0v) is 22.1. The second-order valence-electron chi connectivity index (χ2n) is 10.1. The van der Waals surface area contributed by atoms with Crippen molar-refractivity contribution >= 4 is 23.9 Å². The van der Waals surface area contributed by atoms with Crippen LogP contribution in [0.2, 0.25) is 0 Å². The molecule has 0 fully saturated rings. The molecule has 0 aliphatic carbocycles. The van der Waals surface area contributed by atoms with Crippen LogP contribution in [0.4, 0.5) is 0 Å². The topological polar surface area (TPSA) is 101 Å². The fourth-order valence-corrected chi connectivity index (χ4v) is 4.71. The van der Waals surface area contributed by atoms with Crippen molar-refractivity contribution in [3.63, 3.8) is 0 Å². The molecule has 2 aliphatic rings. The maximum Gasteiger partial charge on any atom is 0.308 e. The van der Waals surface area contributed by atoms with Crippen LogP contribution < -0.4 is 18.9 Å². The van der Waals surface area contributed by atoms with Gasteiger partial charge in [0, 0.05) is 14.0 Å². The third-order valence-electron chi connectivity index (χ3n) is 6.36. The molecule has 0 saturated heterocycles. The van der Waals surface area contributed by atoms with Gasteiger partial charge >= 0.3 is 5.97 Å². The van der Waals surface area contributed by atoms with Crippen LogP contribution in [0, 0.1) is 0 Å². The first kappa shape index (κ1) is 26.4. The smallest absolute Gasteiger partial charge is 0.308 e. The number of allylic oxidation sites excluding steroid dienone is 1. The summed E-state index contributed by atoms with van der Waals surface area (Å²) in [5, 5.41) is 11.4. The summed E-state index contributed by atoms with van der Waals surface area (Å²) in [5.41, 5.74) is 0.192. The molecule has 0 amide bonds. The lowest BCUT2D eigenvalue weighted by Gasteiger charge is -2.44. The minimum atomic E-state index is -1.12. The first-order chi connectivity index (χ1) is 17.4. The van der Waals surface area contributed by atoms with Crippen LogP contribution in [0.1, 0.15) is 67.8 Å². The Hall–Kier alpha value is -3.62. The van der Waals surface area contributed by atoms with Gasteiger partial charge < -0.3 is 28.8 Å². The number of carbonyl (C=O) groups is 2. The van der Waals surface area contributed by atoms with Crippen molar-refractivity contribution in [1.82, 2.24) is 0 Å². The van der Waals surface area contributed by atoms with Crippen LogP contribution in [-0.4, -0.2) is 48.4 Å². The first-order valence-corrected chi connectivity index (χ1v) is 12.0. The third kappa shape index (κ3) is 4.99. The maximum atomic E-state index is 13.7. The van der Waals surface area contributed by atoms with Gasteiger partial charge in [0.2, 0.25) is 0 Å². The fourth-order valence-electron chi connectivity index (χ4n) is 4.71. The standard InChI is InChI=1S/C29H32O8/c1-16(30)35-18-11-8-17(9-12-18)10-13-20(31)21-24(33-6)19-14-15-28(2,3)36-25(19)22-23(32)27(34-7)29(4,5)37-26(21)22/h8-15,23,27,32H,1-7H3/b13-10+/t23-,27?/m0/s1. The number of ketones is 1. The van der Waals surface area contributed by atoms with E-state index < -0.39 is 29.4 Å². The second kappa shape index (κ2) is 9.68. The van der Waals surface area contributed by atoms with Crippen LogP contribution in [0.15, 0.2) is 36.4 Å². The van der Waals surface area contributed by atoms with Crippen LogP contribution in [-0.2, 0) is 9.53 Å². The average molecular weight is 509 g/mol. The van der Waals surface area contributed by atoms with Gasteiger partial charge in [-0.05, 0) is 63.6 Å². The van der Waals surface area contributed by atoms with E-state index in [4.69, 9.17) is 23.7 Å². The highest BCUT2D eigenvalue weighted by Crippen LogP contribution is 2.54. The van der Waals surface area contributed by atoms with Gasteiger partial charge in [0.25, 0.3) is 0 Å². The molecule has 1 unspecified atom stereocenters. The normalized spacial score (nSPS) is 20.9. The zero-order chi connectivity index (χ0) is 27.1. The van der Waals surface area contributed by atoms with Gasteiger partial charge in [-0.15, -0.1) is 0 Å². The molecule has 0 spiro atoms. The predicted molar refractivity (Wildman–Crippen MR) is 138 cm³/mol. The van der Waals surface area contributed by atoms with E-state index in [1.807, 2.05) is 26.0 Å². The highest BCUT2D eigenvalue weighted by atomic mass is 16.6. The summed E-state index contributed by atoms with van der Waals surface area (Å²) in [6.07, 6.45) is 4.93. The van der Waals surface area contributed by atoms with Gasteiger partial charge in [0.1, 0.15) is 52.0 Å². The number of aliphatic hydroxyl groups is 1. The zero-order valence-electron chi connectivity index (χ0n) is 22.1. The molecule has 8 heteroatoms. The van der Waals surface area contributed by atoms with Crippen molar-refractivity contribution in [3.8, 4) is 23.0 Å². The second-order valence-corrected chi connectivity index (χ2v) is 10.1. The van der Waals surface area contributed by atoms with Crippen LogP contribution >= 0.6 is 0 Å². The first-order valence-electron chi connectivity index (χ1n) is 12.0. The fraction of sp³-hybridized carbons (Fsp3) is 0.379. The van der Waals surface area contributed by atoms with E-state index in [2.05, 4.69) is 0 Å². The van der Waals surface area contributed by atoms with E-state index in [0.717, 1.165) is 5.56 Å². The van der Waals surface area contributed by atoms with Gasteiger partial charge in [-0.1, -0.05) is 18.2 Å². The molecule has 0 bridgehead atoms. The number of esters is 1. The third-order valence-corrected chi connectivity index (χ3v) is 6.36. The molecule has 2 aliphatic heterocycles. The Morgan fingerprint density at radius 1 is 1.03 bits per heavy atom. The lowest BCUT2D eigenvalue weighted by atomic mass is 9.83. The molecule has 0 aromatic heterocycles. The number of carbonyl (C=O) groups excluding carboxylic acids is 2. The van der Waals surface area contributed by atoms with E-state index >= 15 is 0 Å². The van der Waals surface area contributed by atoms with Crippen molar-refractivity contribution in [2.75, 3.05) is 14.2 Å². The minimum Gasteiger partial charge on any atom is -0.495 e. The highest BCUT2D eigenvalue weighted by Gasteiger charge is 2.49. The van der Waals surface area contributed by atoms with Gasteiger partial charge in [-0.25, -0.2) is 0 Å². The van der Waals surface area contributed by atoms with E-state index in [1.165, 1.54) is 27.2 Å². The molecule has 2 heterocycles. The Morgan fingerprint density at radius 2 is 1.70 bits per heavy atom. The van der Waals surface area contributed by atoms with E-state index in [1.54, 1.807) is 44.2 Å². The lowest BCUT2D eigenvalue weighted by Crippen LogP contribution is -2.50. The quantitative estimate of drug-likeness (QED) is 0.254. The van der Waals surface area contributed by atoms with Gasteiger partial charge in [0.15, 0.2) is 5.78 Å². The number of benzene rings is 2. The van der Waals surface area contributed by atoms with Crippen molar-refractivity contribution in [3.05, 3.63) is 58.7 Å². The van der Waals surface area contributed by atoms with Crippen molar-refractivity contribution in [2.24, 2.45) is 0 Å². The summed E-state index contributed by atoms with van der Waals surface area (Å²) in [4.78, 5) is 24.8. The molecule has 2 aromatic rings. The van der Waals surface area contributed by atoms with Gasteiger partial charge in [-0.2, -0.15) is 0 Å². The average Bonchev–Trinajstić information content (AvgIpc) is 2.81. The highest BCUT2D eigenvalue weighted by molar-refractivity contribution is 6.12. The number of methoxy groups -OCH3 is 2. The van der Waals surface area contributed by atoms with Crippen LogP contribution in [0.5, 0.6) is 23.0 Å². The number of ether oxygens (including phenoxy) is 5. The van der Waals surface area contributed by atoms with E-state index in [9.17, 15) is 14.7 Å². The van der Waals surface area contributed by atoms with Crippen molar-refractivity contribution in [1.29, 1.82) is 0 Å². The summed E-state index contributed by atoms with van der Waals surface area (Å²) in [6.45, 7) is 8.70. The summed E-state index contributed by atoms with van der Waals surface area (Å²) < 4.78 is 29.0. The number of hydrogen-bond donors (Lipinski definition) is 1. The Bertz CT molecular complexity index is 1280. The van der Waals surface area contributed by atoms with Crippen LogP contribution in [0.25, 0.3) is 12.2 Å². The molecule has 4 rings (SSSR count). The van der Waals surface area contributed by atoms with Gasteiger partial charge in [-0.3, -0.25) is 9.59 Å². The largest absolute Gasteiger partial charge is 0.495 e. The molecule has 37 heavy (non-hydrogen) atoms. The summed E-state index contributed by atoms with van der Waals surface area (Å²) in [7, 11) is 2.98. The number of rotatable bonds is 6. The van der Waals surface area contributed by atoms with Crippen molar-refractivity contribution in [2.45, 2.75) is 58.0 Å². The SMILES string of the molecule is COc1c2c(c3c(c1C(=O)/C=C/c1ccc(OC(C)=O)cc1)OC(C)(C)C(OC)[C@H]3O)OC(C)(C)C=C2. The molecule has 1 N–H and O–H groups in total. The molecular formula is C29H32O8. The molecule has 196 valence electrons. The van der Waals surface area contributed by atoms with Gasteiger partial charge in [0.05, 0.1) is 18.2 Å². The van der Waals surface area contributed by atoms with E-state index in [-0.39, 0.29) is 17.1 Å². The predicted octanol–water partition coefficient (Wildman–Crippen LogP) is 4.92. The Labute approximate surface area is 216 Å². The molecule has 2 aromatic carbocycles. The molecule has 0 saturated carbocycles. The summed E-state index contributed by atoms with van der Waals surface area (Å²) in [6, 6.07) is 6.74. The minimum absolute atomic E-state index is 0.179.